The maximum atomic E-state index is 4.02. The minimum atomic E-state index is 0.595. The summed E-state index contributed by atoms with van der Waals surface area (Å²) in [5, 5.41) is 12.6. The lowest BCUT2D eigenvalue weighted by Gasteiger charge is -2.03. The lowest BCUT2D eigenvalue weighted by molar-refractivity contribution is 0.569. The predicted octanol–water partition coefficient (Wildman–Crippen LogP) is 1.34. The van der Waals surface area contributed by atoms with E-state index in [4.69, 9.17) is 0 Å². The second kappa shape index (κ2) is 3.51. The Bertz CT molecular complexity index is 260. The highest BCUT2D eigenvalue weighted by Gasteiger charge is 2.24. The maximum absolute atomic E-state index is 4.02. The van der Waals surface area contributed by atoms with Crippen molar-refractivity contribution in [2.75, 3.05) is 5.33 Å². The zero-order valence-corrected chi connectivity index (χ0v) is 8.37. The van der Waals surface area contributed by atoms with E-state index in [9.17, 15) is 0 Å². The smallest absolute Gasteiger partial charge is 0.154 e. The van der Waals surface area contributed by atoms with E-state index in [-0.39, 0.29) is 0 Å². The van der Waals surface area contributed by atoms with E-state index in [1.165, 1.54) is 19.3 Å². The Kier molecular flexibility index (Phi) is 2.39. The molecule has 1 aliphatic heterocycles. The summed E-state index contributed by atoms with van der Waals surface area (Å²) in [6.07, 6.45) is 3.59. The van der Waals surface area contributed by atoms with Gasteiger partial charge in [-0.25, -0.2) is 4.68 Å². The van der Waals surface area contributed by atoms with Crippen molar-refractivity contribution in [2.24, 2.45) is 0 Å². The maximum Gasteiger partial charge on any atom is 0.154 e. The Hall–Kier alpha value is -0.450. The molecule has 1 aromatic rings. The van der Waals surface area contributed by atoms with Crippen molar-refractivity contribution in [1.82, 2.24) is 20.2 Å². The van der Waals surface area contributed by atoms with Crippen molar-refractivity contribution >= 4 is 15.9 Å². The summed E-state index contributed by atoms with van der Waals surface area (Å²) in [6, 6.07) is 0. The molecule has 1 atom stereocenters. The Labute approximate surface area is 79.5 Å². The van der Waals surface area contributed by atoms with E-state index < -0.39 is 0 Å². The van der Waals surface area contributed by atoms with Crippen LogP contribution in [-0.4, -0.2) is 25.5 Å². The van der Waals surface area contributed by atoms with Crippen LogP contribution in [0.2, 0.25) is 0 Å². The number of alkyl halides is 1. The fourth-order valence-electron chi connectivity index (χ4n) is 1.67. The van der Waals surface area contributed by atoms with Crippen LogP contribution in [-0.2, 0) is 6.54 Å². The van der Waals surface area contributed by atoms with E-state index in [0.717, 1.165) is 17.7 Å². The molecule has 1 aromatic heterocycles. The molecule has 4 nitrogen and oxygen atoms in total. The molecule has 0 bridgehead atoms. The van der Waals surface area contributed by atoms with Crippen LogP contribution >= 0.6 is 15.9 Å². The normalized spacial score (nSPS) is 21.2. The SMILES string of the molecule is BrCCCC1CCn2nnnc21. The van der Waals surface area contributed by atoms with Crippen LogP contribution in [0.4, 0.5) is 0 Å². The first kappa shape index (κ1) is 8.16. The molecule has 0 amide bonds. The van der Waals surface area contributed by atoms with Crippen LogP contribution in [0.15, 0.2) is 0 Å². The van der Waals surface area contributed by atoms with E-state index in [1.54, 1.807) is 0 Å². The number of hydrogen-bond acceptors (Lipinski definition) is 3. The summed E-state index contributed by atoms with van der Waals surface area (Å²) in [5.74, 6) is 1.67. The number of nitrogens with zero attached hydrogens (tertiary/aromatic N) is 4. The highest BCUT2D eigenvalue weighted by molar-refractivity contribution is 9.09. The van der Waals surface area contributed by atoms with Crippen LogP contribution in [0.1, 0.15) is 31.0 Å². The van der Waals surface area contributed by atoms with Gasteiger partial charge in [0.1, 0.15) is 0 Å². The third kappa shape index (κ3) is 1.37. The number of hydrogen-bond donors (Lipinski definition) is 0. The Morgan fingerprint density at radius 1 is 1.58 bits per heavy atom. The third-order valence-corrected chi connectivity index (χ3v) is 2.86. The fourth-order valence-corrected chi connectivity index (χ4v) is 1.99. The molecular weight excluding hydrogens is 220 g/mol. The van der Waals surface area contributed by atoms with Gasteiger partial charge in [0.15, 0.2) is 5.82 Å². The minimum absolute atomic E-state index is 0.595. The van der Waals surface area contributed by atoms with Crippen LogP contribution in [0.25, 0.3) is 0 Å². The highest BCUT2D eigenvalue weighted by Crippen LogP contribution is 2.28. The van der Waals surface area contributed by atoms with E-state index in [2.05, 4.69) is 31.5 Å². The molecule has 0 fully saturated rings. The predicted molar refractivity (Wildman–Crippen MR) is 48.2 cm³/mol. The number of halogens is 1. The topological polar surface area (TPSA) is 43.6 Å². The lowest BCUT2D eigenvalue weighted by atomic mass is 10.0. The van der Waals surface area contributed by atoms with Crippen molar-refractivity contribution in [3.05, 3.63) is 5.82 Å². The average Bonchev–Trinajstić information content (AvgIpc) is 2.62. The van der Waals surface area contributed by atoms with Gasteiger partial charge in [-0.1, -0.05) is 15.9 Å². The minimum Gasteiger partial charge on any atom is -0.229 e. The standard InChI is InChI=1S/C7H11BrN4/c8-4-1-2-6-3-5-12-7(6)9-10-11-12/h6H,1-5H2. The molecule has 1 unspecified atom stereocenters. The molecule has 0 saturated carbocycles. The van der Waals surface area contributed by atoms with Gasteiger partial charge in [0, 0.05) is 17.8 Å². The van der Waals surface area contributed by atoms with Crippen molar-refractivity contribution in [3.63, 3.8) is 0 Å². The van der Waals surface area contributed by atoms with Crippen molar-refractivity contribution in [2.45, 2.75) is 31.7 Å². The van der Waals surface area contributed by atoms with Gasteiger partial charge >= 0.3 is 0 Å². The van der Waals surface area contributed by atoms with Gasteiger partial charge in [-0.2, -0.15) is 0 Å². The third-order valence-electron chi connectivity index (χ3n) is 2.30. The summed E-state index contributed by atoms with van der Waals surface area (Å²) in [4.78, 5) is 0. The number of rotatable bonds is 3. The molecule has 66 valence electrons. The zero-order chi connectivity index (χ0) is 8.39. The molecule has 2 rings (SSSR count). The summed E-state index contributed by atoms with van der Waals surface area (Å²) < 4.78 is 1.92. The van der Waals surface area contributed by atoms with Gasteiger partial charge in [0.25, 0.3) is 0 Å². The molecule has 1 aliphatic rings. The molecule has 0 radical (unpaired) electrons. The number of aryl methyl sites for hydroxylation is 1. The summed E-state index contributed by atoms with van der Waals surface area (Å²) >= 11 is 3.43. The first-order valence-corrected chi connectivity index (χ1v) is 5.36. The zero-order valence-electron chi connectivity index (χ0n) is 6.78. The number of tetrazole rings is 1. The summed E-state index contributed by atoms with van der Waals surface area (Å²) in [7, 11) is 0. The quantitative estimate of drug-likeness (QED) is 0.737. The van der Waals surface area contributed by atoms with Gasteiger partial charge in [-0.15, -0.1) is 5.10 Å². The van der Waals surface area contributed by atoms with Gasteiger partial charge in [-0.3, -0.25) is 0 Å². The Morgan fingerprint density at radius 2 is 2.50 bits per heavy atom. The monoisotopic (exact) mass is 230 g/mol. The molecule has 12 heavy (non-hydrogen) atoms. The molecule has 5 heteroatoms. The molecule has 0 aromatic carbocycles. The molecule has 2 heterocycles. The lowest BCUT2D eigenvalue weighted by Crippen LogP contribution is -1.97. The molecule has 0 aliphatic carbocycles. The van der Waals surface area contributed by atoms with Gasteiger partial charge in [0.05, 0.1) is 0 Å². The van der Waals surface area contributed by atoms with Crippen LogP contribution < -0.4 is 0 Å². The molecule has 0 spiro atoms. The van der Waals surface area contributed by atoms with Gasteiger partial charge < -0.3 is 0 Å². The molecule has 0 saturated heterocycles. The average molecular weight is 231 g/mol. The molecular formula is C7H11BrN4. The highest BCUT2D eigenvalue weighted by atomic mass is 79.9. The van der Waals surface area contributed by atoms with Gasteiger partial charge in [0.2, 0.25) is 0 Å². The fraction of sp³-hybridized carbons (Fsp3) is 0.857. The Balaban J connectivity index is 2.02. The molecule has 0 N–H and O–H groups in total. The number of aromatic nitrogens is 4. The van der Waals surface area contributed by atoms with E-state index >= 15 is 0 Å². The largest absolute Gasteiger partial charge is 0.229 e. The van der Waals surface area contributed by atoms with Crippen molar-refractivity contribution in [1.29, 1.82) is 0 Å². The van der Waals surface area contributed by atoms with Crippen LogP contribution in [0.3, 0.4) is 0 Å². The van der Waals surface area contributed by atoms with Crippen LogP contribution in [0.5, 0.6) is 0 Å². The van der Waals surface area contributed by atoms with Gasteiger partial charge in [-0.05, 0) is 29.7 Å². The van der Waals surface area contributed by atoms with Crippen molar-refractivity contribution < 1.29 is 0 Å². The summed E-state index contributed by atoms with van der Waals surface area (Å²) in [5.41, 5.74) is 0. The first-order valence-electron chi connectivity index (χ1n) is 4.24. The van der Waals surface area contributed by atoms with Crippen molar-refractivity contribution in [3.8, 4) is 0 Å². The van der Waals surface area contributed by atoms with E-state index in [1.807, 2.05) is 4.68 Å². The number of fused-ring (bicyclic) bond motifs is 1. The second-order valence-electron chi connectivity index (χ2n) is 3.08. The Morgan fingerprint density at radius 3 is 3.33 bits per heavy atom. The second-order valence-corrected chi connectivity index (χ2v) is 3.87. The first-order chi connectivity index (χ1) is 5.92. The van der Waals surface area contributed by atoms with Crippen LogP contribution in [0, 0.1) is 0 Å². The van der Waals surface area contributed by atoms with E-state index in [0.29, 0.717) is 5.92 Å². The summed E-state index contributed by atoms with van der Waals surface area (Å²) in [6.45, 7) is 0.995.